The minimum absolute atomic E-state index is 0.0511. The molecule has 4 nitrogen and oxygen atoms in total. The number of amides is 1. The minimum atomic E-state index is -4.43. The van der Waals surface area contributed by atoms with E-state index in [0.717, 1.165) is 17.7 Å². The molecule has 186 valence electrons. The summed E-state index contributed by atoms with van der Waals surface area (Å²) in [4.78, 5) is 12.3. The Balaban J connectivity index is 1.87. The lowest BCUT2D eigenvalue weighted by molar-refractivity contribution is -0.137. The van der Waals surface area contributed by atoms with E-state index in [1.54, 1.807) is 24.3 Å². The molecule has 9 heteroatoms. The monoisotopic (exact) mass is 492 g/mol. The third kappa shape index (κ3) is 7.51. The second-order valence-corrected chi connectivity index (χ2v) is 8.15. The van der Waals surface area contributed by atoms with Gasteiger partial charge in [0.1, 0.15) is 11.8 Å². The average molecular weight is 492 g/mol. The largest absolute Gasteiger partial charge is 0.435 e. The van der Waals surface area contributed by atoms with Crippen LogP contribution in [0.15, 0.2) is 72.8 Å². The normalized spacial score (nSPS) is 13.5. The first-order valence-corrected chi connectivity index (χ1v) is 10.9. The smallest absolute Gasteiger partial charge is 0.416 e. The zero-order valence-corrected chi connectivity index (χ0v) is 18.9. The molecule has 0 aliphatic carbocycles. The summed E-state index contributed by atoms with van der Waals surface area (Å²) in [6.45, 7) is -1.10. The highest BCUT2D eigenvalue weighted by atomic mass is 19.4. The molecule has 0 saturated heterocycles. The fourth-order valence-corrected chi connectivity index (χ4v) is 3.73. The standard InChI is InChI=1S/C26H25F5N2O2/c1-16-5-10-18(11-6-16)23(24(32)34)33-22(19-3-2-4-21(15-19)35-25(27)28)14-9-17-7-12-20(13-8-17)26(29,30)31/h2-8,10-13,15,22-23,25,33H,9,14H2,1H3,(H2,32,34)/t22-,23+/m1/s1. The fourth-order valence-electron chi connectivity index (χ4n) is 3.73. The number of halogens is 5. The molecule has 0 fully saturated rings. The van der Waals surface area contributed by atoms with E-state index in [9.17, 15) is 26.7 Å². The van der Waals surface area contributed by atoms with Crippen molar-refractivity contribution in [1.29, 1.82) is 0 Å². The average Bonchev–Trinajstić information content (AvgIpc) is 2.79. The van der Waals surface area contributed by atoms with Crippen LogP contribution in [0.1, 0.15) is 46.3 Å². The molecular weight excluding hydrogens is 467 g/mol. The van der Waals surface area contributed by atoms with Crippen molar-refractivity contribution < 1.29 is 31.5 Å². The maximum Gasteiger partial charge on any atom is 0.416 e. The molecule has 0 aliphatic heterocycles. The molecular formula is C26H25F5N2O2. The number of ether oxygens (including phenoxy) is 1. The van der Waals surface area contributed by atoms with E-state index < -0.39 is 36.3 Å². The maximum absolute atomic E-state index is 12.9. The Morgan fingerprint density at radius 3 is 2.20 bits per heavy atom. The lowest BCUT2D eigenvalue weighted by Gasteiger charge is -2.25. The molecule has 3 N–H and O–H groups in total. The van der Waals surface area contributed by atoms with E-state index in [-0.39, 0.29) is 5.75 Å². The van der Waals surface area contributed by atoms with Gasteiger partial charge in [-0.05, 0) is 60.7 Å². The molecule has 0 aliphatic rings. The lowest BCUT2D eigenvalue weighted by Crippen LogP contribution is -2.36. The second-order valence-electron chi connectivity index (χ2n) is 8.15. The highest BCUT2D eigenvalue weighted by Gasteiger charge is 2.30. The van der Waals surface area contributed by atoms with Gasteiger partial charge in [0.2, 0.25) is 5.91 Å². The quantitative estimate of drug-likeness (QED) is 0.336. The summed E-state index contributed by atoms with van der Waals surface area (Å²) in [5, 5.41) is 3.19. The Morgan fingerprint density at radius 1 is 0.971 bits per heavy atom. The number of nitrogens with two attached hydrogens (primary N) is 1. The van der Waals surface area contributed by atoms with Gasteiger partial charge in [-0.1, -0.05) is 54.1 Å². The lowest BCUT2D eigenvalue weighted by atomic mass is 9.95. The highest BCUT2D eigenvalue weighted by molar-refractivity contribution is 5.81. The number of primary amides is 1. The third-order valence-electron chi connectivity index (χ3n) is 5.55. The van der Waals surface area contributed by atoms with Crippen LogP contribution in [0.25, 0.3) is 0 Å². The van der Waals surface area contributed by atoms with Gasteiger partial charge < -0.3 is 10.5 Å². The number of nitrogens with one attached hydrogen (secondary N) is 1. The molecule has 0 aromatic heterocycles. The van der Waals surface area contributed by atoms with Crippen molar-refractivity contribution in [2.45, 2.75) is 44.6 Å². The van der Waals surface area contributed by atoms with Gasteiger partial charge in [-0.15, -0.1) is 0 Å². The number of benzene rings is 3. The van der Waals surface area contributed by atoms with E-state index >= 15 is 0 Å². The number of carbonyl (C=O) groups is 1. The number of hydrogen-bond acceptors (Lipinski definition) is 3. The molecule has 3 rings (SSSR count). The second kappa shape index (κ2) is 11.3. The summed E-state index contributed by atoms with van der Waals surface area (Å²) >= 11 is 0. The molecule has 35 heavy (non-hydrogen) atoms. The molecule has 0 unspecified atom stereocenters. The van der Waals surface area contributed by atoms with Crippen LogP contribution in [-0.4, -0.2) is 12.5 Å². The minimum Gasteiger partial charge on any atom is -0.435 e. The van der Waals surface area contributed by atoms with Gasteiger partial charge in [-0.2, -0.15) is 22.0 Å². The molecule has 0 saturated carbocycles. The van der Waals surface area contributed by atoms with Crippen LogP contribution in [-0.2, 0) is 17.4 Å². The molecule has 0 spiro atoms. The summed E-state index contributed by atoms with van der Waals surface area (Å²) < 4.78 is 68.6. The van der Waals surface area contributed by atoms with Crippen molar-refractivity contribution in [2.75, 3.05) is 0 Å². The topological polar surface area (TPSA) is 64.3 Å². The molecule has 1 amide bonds. The van der Waals surface area contributed by atoms with Gasteiger partial charge in [0.15, 0.2) is 0 Å². The SMILES string of the molecule is Cc1ccc([C@H](N[C@H](CCc2ccc(C(F)(F)F)cc2)c2cccc(OC(F)F)c2)C(N)=O)cc1. The van der Waals surface area contributed by atoms with Gasteiger partial charge in [0.25, 0.3) is 0 Å². The van der Waals surface area contributed by atoms with Crippen molar-refractivity contribution in [2.24, 2.45) is 5.73 Å². The van der Waals surface area contributed by atoms with Crippen LogP contribution in [0.2, 0.25) is 0 Å². The van der Waals surface area contributed by atoms with Crippen molar-refractivity contribution >= 4 is 5.91 Å². The highest BCUT2D eigenvalue weighted by Crippen LogP contribution is 2.31. The van der Waals surface area contributed by atoms with Crippen molar-refractivity contribution in [1.82, 2.24) is 5.32 Å². The van der Waals surface area contributed by atoms with Crippen LogP contribution in [0.3, 0.4) is 0 Å². The van der Waals surface area contributed by atoms with Crippen LogP contribution < -0.4 is 15.8 Å². The number of carbonyl (C=O) groups excluding carboxylic acids is 1. The van der Waals surface area contributed by atoms with E-state index in [4.69, 9.17) is 5.73 Å². The van der Waals surface area contributed by atoms with Crippen molar-refractivity contribution in [3.05, 3.63) is 101 Å². The first kappa shape index (κ1) is 26.2. The Hall–Kier alpha value is -3.46. The fraction of sp³-hybridized carbons (Fsp3) is 0.269. The number of rotatable bonds is 10. The molecule has 0 bridgehead atoms. The molecule has 0 heterocycles. The van der Waals surface area contributed by atoms with Crippen molar-refractivity contribution in [3.8, 4) is 5.75 Å². The van der Waals surface area contributed by atoms with Gasteiger partial charge in [-0.25, -0.2) is 0 Å². The molecule has 3 aromatic rings. The summed E-state index contributed by atoms with van der Waals surface area (Å²) in [5.74, 6) is -0.682. The summed E-state index contributed by atoms with van der Waals surface area (Å²) in [5.41, 5.74) is 7.75. The van der Waals surface area contributed by atoms with E-state index in [2.05, 4.69) is 10.1 Å². The predicted octanol–water partition coefficient (Wildman–Crippen LogP) is 6.11. The Kier molecular flexibility index (Phi) is 8.45. The van der Waals surface area contributed by atoms with Gasteiger partial charge in [0, 0.05) is 6.04 Å². The van der Waals surface area contributed by atoms with E-state index in [1.807, 2.05) is 19.1 Å². The van der Waals surface area contributed by atoms with E-state index in [1.165, 1.54) is 24.3 Å². The summed E-state index contributed by atoms with van der Waals surface area (Å²) in [6.07, 6.45) is -3.73. The Labute approximate surface area is 199 Å². The number of hydrogen-bond donors (Lipinski definition) is 2. The van der Waals surface area contributed by atoms with Crippen LogP contribution in [0.4, 0.5) is 22.0 Å². The first-order chi connectivity index (χ1) is 16.5. The maximum atomic E-state index is 12.9. The van der Waals surface area contributed by atoms with Gasteiger partial charge in [0.05, 0.1) is 5.56 Å². The number of aryl methyl sites for hydroxylation is 2. The van der Waals surface area contributed by atoms with Gasteiger partial charge >= 0.3 is 12.8 Å². The first-order valence-electron chi connectivity index (χ1n) is 10.9. The van der Waals surface area contributed by atoms with E-state index in [0.29, 0.717) is 29.5 Å². The Morgan fingerprint density at radius 2 is 1.63 bits per heavy atom. The van der Waals surface area contributed by atoms with Crippen LogP contribution >= 0.6 is 0 Å². The molecule has 2 atom stereocenters. The van der Waals surface area contributed by atoms with Crippen molar-refractivity contribution in [3.63, 3.8) is 0 Å². The Bertz CT molecular complexity index is 1120. The third-order valence-corrected chi connectivity index (χ3v) is 5.55. The predicted molar refractivity (Wildman–Crippen MR) is 122 cm³/mol. The summed E-state index contributed by atoms with van der Waals surface area (Å²) in [7, 11) is 0. The van der Waals surface area contributed by atoms with Crippen LogP contribution in [0, 0.1) is 6.92 Å². The molecule has 0 radical (unpaired) electrons. The summed E-state index contributed by atoms with van der Waals surface area (Å²) in [6, 6.07) is 16.6. The van der Waals surface area contributed by atoms with Crippen LogP contribution in [0.5, 0.6) is 5.75 Å². The zero-order chi connectivity index (χ0) is 25.6. The van der Waals surface area contributed by atoms with Gasteiger partial charge in [-0.3, -0.25) is 10.1 Å². The molecule has 3 aromatic carbocycles. The zero-order valence-electron chi connectivity index (χ0n) is 18.9. The number of alkyl halides is 5.